The van der Waals surface area contributed by atoms with Crippen molar-refractivity contribution in [3.63, 3.8) is 0 Å². The molecule has 3 nitrogen and oxygen atoms in total. The maximum Gasteiger partial charge on any atom is 0.159 e. The normalized spacial score (nSPS) is 11.8. The van der Waals surface area contributed by atoms with E-state index in [0.29, 0.717) is 0 Å². The van der Waals surface area contributed by atoms with Gasteiger partial charge in [0.1, 0.15) is 5.58 Å². The Labute approximate surface area is 338 Å². The van der Waals surface area contributed by atoms with Gasteiger partial charge in [-0.2, -0.15) is 0 Å². The molecule has 0 spiro atoms. The van der Waals surface area contributed by atoms with E-state index in [4.69, 9.17) is 4.42 Å². The SMILES string of the molecule is c1ccc(-n2c3ccccc3c3ccc(-c4cccc(-c5cccc(N(c6cccc7c6oc6ccccc67)c6cccc7c6sc6ccccc67)c5)c4)cc32)cc1. The third-order valence-corrected chi connectivity index (χ3v) is 12.8. The molecule has 9 aromatic carbocycles. The summed E-state index contributed by atoms with van der Waals surface area (Å²) >= 11 is 1.84. The summed E-state index contributed by atoms with van der Waals surface area (Å²) in [5, 5.41) is 7.26. The molecule has 0 unspecified atom stereocenters. The Morgan fingerprint density at radius 1 is 0.397 bits per heavy atom. The van der Waals surface area contributed by atoms with Crippen LogP contribution in [0, 0.1) is 0 Å². The summed E-state index contributed by atoms with van der Waals surface area (Å²) in [7, 11) is 0. The molecule has 4 heteroatoms. The number of aromatic nitrogens is 1. The number of rotatable bonds is 6. The number of fused-ring (bicyclic) bond motifs is 9. The van der Waals surface area contributed by atoms with Crippen molar-refractivity contribution in [3.8, 4) is 27.9 Å². The summed E-state index contributed by atoms with van der Waals surface area (Å²) in [6.45, 7) is 0. The van der Waals surface area contributed by atoms with Crippen LogP contribution < -0.4 is 4.90 Å². The molecule has 58 heavy (non-hydrogen) atoms. The molecule has 0 fully saturated rings. The van der Waals surface area contributed by atoms with Gasteiger partial charge in [-0.15, -0.1) is 11.3 Å². The Morgan fingerprint density at radius 3 is 1.88 bits per heavy atom. The van der Waals surface area contributed by atoms with Gasteiger partial charge in [-0.05, 0) is 89.0 Å². The molecule has 0 atom stereocenters. The van der Waals surface area contributed by atoms with E-state index in [9.17, 15) is 0 Å². The number of nitrogens with zero attached hydrogens (tertiary/aromatic N) is 2. The summed E-state index contributed by atoms with van der Waals surface area (Å²) in [5.74, 6) is 0. The highest BCUT2D eigenvalue weighted by Gasteiger charge is 2.23. The van der Waals surface area contributed by atoms with Crippen molar-refractivity contribution in [1.29, 1.82) is 0 Å². The molecule has 0 aliphatic rings. The van der Waals surface area contributed by atoms with Crippen molar-refractivity contribution >= 4 is 92.3 Å². The van der Waals surface area contributed by atoms with E-state index in [1.807, 2.05) is 17.4 Å². The molecular formula is C54H34N2OS. The first-order chi connectivity index (χ1) is 28.8. The first-order valence-electron chi connectivity index (χ1n) is 19.7. The standard InChI is InChI=1S/C54H34N2OS/c1-2-17-39(18-3-1)55-47-25-7-4-20-41(47)42-31-30-38(34-50(42)55)36-15-10-14-35(32-36)37-16-11-19-40(33-37)56(48-26-12-23-45-43-21-5-8-28-51(43)57-53(45)48)49-27-13-24-46-44-22-6-9-29-52(44)58-54(46)49/h1-34H. The predicted octanol–water partition coefficient (Wildman–Crippen LogP) is 15.9. The predicted molar refractivity (Wildman–Crippen MR) is 247 cm³/mol. The minimum atomic E-state index is 0.873. The molecule has 3 aromatic heterocycles. The molecule has 3 heterocycles. The Balaban J connectivity index is 1.02. The average Bonchev–Trinajstić information content (AvgIpc) is 3.97. The zero-order chi connectivity index (χ0) is 38.2. The van der Waals surface area contributed by atoms with Crippen LogP contribution in [0.25, 0.3) is 91.9 Å². The van der Waals surface area contributed by atoms with Gasteiger partial charge in [0.15, 0.2) is 5.58 Å². The van der Waals surface area contributed by atoms with Crippen LogP contribution in [0.2, 0.25) is 0 Å². The van der Waals surface area contributed by atoms with Gasteiger partial charge in [0.25, 0.3) is 0 Å². The molecule has 12 rings (SSSR count). The zero-order valence-electron chi connectivity index (χ0n) is 31.3. The maximum absolute atomic E-state index is 6.70. The van der Waals surface area contributed by atoms with Crippen LogP contribution in [-0.4, -0.2) is 4.57 Å². The zero-order valence-corrected chi connectivity index (χ0v) is 32.2. The number of furan rings is 1. The fourth-order valence-corrected chi connectivity index (χ4v) is 10.1. The van der Waals surface area contributed by atoms with Crippen LogP contribution >= 0.6 is 11.3 Å². The van der Waals surface area contributed by atoms with E-state index >= 15 is 0 Å². The largest absolute Gasteiger partial charge is 0.454 e. The van der Waals surface area contributed by atoms with Crippen LogP contribution in [-0.2, 0) is 0 Å². The third-order valence-electron chi connectivity index (χ3n) is 11.6. The van der Waals surface area contributed by atoms with Crippen molar-refractivity contribution in [1.82, 2.24) is 4.57 Å². The molecule has 12 aromatic rings. The summed E-state index contributed by atoms with van der Waals surface area (Å²) in [5.41, 5.74) is 13.2. The quantitative estimate of drug-likeness (QED) is 0.168. The van der Waals surface area contributed by atoms with E-state index < -0.39 is 0 Å². The number of anilines is 3. The summed E-state index contributed by atoms with van der Waals surface area (Å²) in [4.78, 5) is 2.39. The van der Waals surface area contributed by atoms with Gasteiger partial charge < -0.3 is 13.9 Å². The highest BCUT2D eigenvalue weighted by molar-refractivity contribution is 7.26. The summed E-state index contributed by atoms with van der Waals surface area (Å²) in [6.07, 6.45) is 0. The Hall–Kier alpha value is -7.40. The van der Waals surface area contributed by atoms with Crippen LogP contribution in [0.4, 0.5) is 17.1 Å². The lowest BCUT2D eigenvalue weighted by molar-refractivity contribution is 0.669. The summed E-state index contributed by atoms with van der Waals surface area (Å²) in [6, 6.07) is 74.4. The highest BCUT2D eigenvalue weighted by atomic mass is 32.1. The second kappa shape index (κ2) is 13.1. The molecule has 272 valence electrons. The minimum Gasteiger partial charge on any atom is -0.454 e. The molecular weight excluding hydrogens is 725 g/mol. The number of benzene rings is 9. The molecule has 0 bridgehead atoms. The number of hydrogen-bond acceptors (Lipinski definition) is 3. The average molecular weight is 759 g/mol. The van der Waals surface area contributed by atoms with Crippen LogP contribution in [0.5, 0.6) is 0 Å². The fourth-order valence-electron chi connectivity index (χ4n) is 8.93. The van der Waals surface area contributed by atoms with Crippen molar-refractivity contribution in [2.45, 2.75) is 0 Å². The van der Waals surface area contributed by atoms with E-state index in [1.165, 1.54) is 53.1 Å². The van der Waals surface area contributed by atoms with Gasteiger partial charge in [-0.1, -0.05) is 140 Å². The number of thiophene rings is 1. The van der Waals surface area contributed by atoms with Crippen molar-refractivity contribution in [2.75, 3.05) is 4.90 Å². The Morgan fingerprint density at radius 2 is 1.02 bits per heavy atom. The molecule has 0 amide bonds. The second-order valence-electron chi connectivity index (χ2n) is 14.9. The monoisotopic (exact) mass is 758 g/mol. The second-order valence-corrected chi connectivity index (χ2v) is 15.9. The van der Waals surface area contributed by atoms with Crippen LogP contribution in [0.3, 0.4) is 0 Å². The Kier molecular flexibility index (Phi) is 7.40. The first-order valence-corrected chi connectivity index (χ1v) is 20.5. The van der Waals surface area contributed by atoms with Crippen molar-refractivity contribution in [3.05, 3.63) is 206 Å². The van der Waals surface area contributed by atoms with Gasteiger partial charge in [0.05, 0.1) is 27.1 Å². The van der Waals surface area contributed by atoms with Crippen molar-refractivity contribution < 1.29 is 4.42 Å². The molecule has 0 aliphatic carbocycles. The lowest BCUT2D eigenvalue weighted by atomic mass is 9.97. The number of hydrogen-bond donors (Lipinski definition) is 0. The third kappa shape index (κ3) is 5.12. The fraction of sp³-hybridized carbons (Fsp3) is 0. The lowest BCUT2D eigenvalue weighted by Gasteiger charge is -2.26. The van der Waals surface area contributed by atoms with E-state index in [2.05, 4.69) is 210 Å². The maximum atomic E-state index is 6.70. The van der Waals surface area contributed by atoms with Gasteiger partial charge in [0, 0.05) is 48.4 Å². The van der Waals surface area contributed by atoms with Gasteiger partial charge in [-0.3, -0.25) is 0 Å². The smallest absolute Gasteiger partial charge is 0.159 e. The molecule has 0 saturated carbocycles. The Bertz CT molecular complexity index is 3420. The van der Waals surface area contributed by atoms with E-state index in [1.54, 1.807) is 0 Å². The van der Waals surface area contributed by atoms with Gasteiger partial charge >= 0.3 is 0 Å². The van der Waals surface area contributed by atoms with Crippen molar-refractivity contribution in [2.24, 2.45) is 0 Å². The molecule has 0 radical (unpaired) electrons. The minimum absolute atomic E-state index is 0.873. The van der Waals surface area contributed by atoms with Crippen LogP contribution in [0.1, 0.15) is 0 Å². The molecule has 0 aliphatic heterocycles. The highest BCUT2D eigenvalue weighted by Crippen LogP contribution is 2.48. The first kappa shape index (κ1) is 32.8. The molecule has 0 N–H and O–H groups in total. The lowest BCUT2D eigenvalue weighted by Crippen LogP contribution is -2.10. The molecule has 0 saturated heterocycles. The van der Waals surface area contributed by atoms with Gasteiger partial charge in [0.2, 0.25) is 0 Å². The van der Waals surface area contributed by atoms with Gasteiger partial charge in [-0.25, -0.2) is 0 Å². The topological polar surface area (TPSA) is 21.3 Å². The van der Waals surface area contributed by atoms with Crippen LogP contribution in [0.15, 0.2) is 211 Å². The number of para-hydroxylation sites is 4. The van der Waals surface area contributed by atoms with E-state index in [-0.39, 0.29) is 0 Å². The van der Waals surface area contributed by atoms with E-state index in [0.717, 1.165) is 55.8 Å². The summed E-state index contributed by atoms with van der Waals surface area (Å²) < 4.78 is 11.6.